The molecule has 0 bridgehead atoms. The highest BCUT2D eigenvalue weighted by atomic mass is 32.1. The van der Waals surface area contributed by atoms with Crippen LogP contribution in [0.25, 0.3) is 11.3 Å². The van der Waals surface area contributed by atoms with E-state index in [1.807, 2.05) is 6.92 Å². The van der Waals surface area contributed by atoms with E-state index in [-0.39, 0.29) is 40.6 Å². The third kappa shape index (κ3) is 7.62. The Bertz CT molecular complexity index is 1460. The highest BCUT2D eigenvalue weighted by Gasteiger charge is 2.33. The first-order valence-electron chi connectivity index (χ1n) is 14.5. The lowest BCUT2D eigenvalue weighted by molar-refractivity contribution is -0.138. The number of aliphatic hydroxyl groups is 1. The number of aliphatic hydroxyl groups excluding tert-OH is 1. The average Bonchev–Trinajstić information content (AvgIpc) is 3.56. The summed E-state index contributed by atoms with van der Waals surface area (Å²) in [6, 6.07) is 2.76. The summed E-state index contributed by atoms with van der Waals surface area (Å²) in [5.74, 6) is -1.22. The van der Waals surface area contributed by atoms with Crippen LogP contribution in [0.4, 0.5) is 28.5 Å². The number of aromatic nitrogens is 3. The van der Waals surface area contributed by atoms with Crippen LogP contribution in [0.1, 0.15) is 55.5 Å². The first kappa shape index (κ1) is 32.0. The van der Waals surface area contributed by atoms with E-state index >= 15 is 0 Å². The number of carboxylic acids is 1. The molecule has 3 N–H and O–H groups in total. The monoisotopic (exact) mass is 637 g/mol. The van der Waals surface area contributed by atoms with Gasteiger partial charge in [0.25, 0.3) is 0 Å². The van der Waals surface area contributed by atoms with E-state index in [0.29, 0.717) is 49.5 Å². The molecule has 2 aliphatic heterocycles. The van der Waals surface area contributed by atoms with Crippen molar-refractivity contribution < 1.29 is 32.6 Å². The van der Waals surface area contributed by atoms with Gasteiger partial charge >= 0.3 is 12.1 Å². The molecule has 2 fully saturated rings. The minimum atomic E-state index is -4.72. The fourth-order valence-corrected chi connectivity index (χ4v) is 6.72. The summed E-state index contributed by atoms with van der Waals surface area (Å²) in [6.07, 6.45) is -0.928. The molecule has 10 nitrogen and oxygen atoms in total. The molecule has 4 heterocycles. The molecular weight excluding hydrogens is 602 g/mol. The number of thiazole rings is 1. The van der Waals surface area contributed by atoms with E-state index in [0.717, 1.165) is 31.5 Å². The third-order valence-electron chi connectivity index (χ3n) is 8.08. The Morgan fingerprint density at radius 3 is 2.57 bits per heavy atom. The molecule has 5 rings (SSSR count). The molecule has 3 atom stereocenters. The fourth-order valence-electron chi connectivity index (χ4n) is 5.69. The van der Waals surface area contributed by atoms with E-state index < -0.39 is 29.8 Å². The maximum absolute atomic E-state index is 14.3. The number of benzene rings is 1. The molecule has 1 unspecified atom stereocenters. The minimum Gasteiger partial charge on any atom is -0.481 e. The number of hydrogen-bond acceptors (Lipinski definition) is 10. The molecule has 2 aliphatic rings. The second-order valence-corrected chi connectivity index (χ2v) is 12.4. The Labute approximate surface area is 256 Å². The zero-order chi connectivity index (χ0) is 31.6. The van der Waals surface area contributed by atoms with Crippen LogP contribution < -0.4 is 10.2 Å². The third-order valence-corrected chi connectivity index (χ3v) is 9.05. The number of piperazine rings is 1. The first-order valence-corrected chi connectivity index (χ1v) is 15.3. The number of likely N-dealkylation sites (tertiary alicyclic amines) is 1. The molecule has 2 saturated heterocycles. The molecule has 238 valence electrons. The van der Waals surface area contributed by atoms with Gasteiger partial charge in [0.15, 0.2) is 11.4 Å². The Balaban J connectivity index is 1.32. The Hall–Kier alpha value is -3.40. The number of nitrogens with one attached hydrogen (secondary N) is 1. The topological polar surface area (TPSA) is 118 Å². The Morgan fingerprint density at radius 1 is 1.14 bits per heavy atom. The first-order chi connectivity index (χ1) is 20.9. The van der Waals surface area contributed by atoms with Gasteiger partial charge in [-0.1, -0.05) is 0 Å². The van der Waals surface area contributed by atoms with Crippen molar-refractivity contribution in [2.24, 2.45) is 0 Å². The lowest BCUT2D eigenvalue weighted by Crippen LogP contribution is -2.52. The second-order valence-electron chi connectivity index (χ2n) is 11.3. The quantitative estimate of drug-likeness (QED) is 0.211. The zero-order valence-electron chi connectivity index (χ0n) is 24.4. The van der Waals surface area contributed by atoms with Gasteiger partial charge in [0, 0.05) is 55.2 Å². The summed E-state index contributed by atoms with van der Waals surface area (Å²) >= 11 is 1.19. The van der Waals surface area contributed by atoms with Crippen molar-refractivity contribution in [1.29, 1.82) is 0 Å². The average molecular weight is 638 g/mol. The van der Waals surface area contributed by atoms with Gasteiger partial charge in [-0.2, -0.15) is 13.2 Å². The van der Waals surface area contributed by atoms with Gasteiger partial charge in [-0.15, -0.1) is 11.3 Å². The van der Waals surface area contributed by atoms with Crippen LogP contribution in [0.3, 0.4) is 0 Å². The van der Waals surface area contributed by atoms with Crippen LogP contribution in [0, 0.1) is 5.82 Å². The van der Waals surface area contributed by atoms with Crippen molar-refractivity contribution >= 4 is 28.3 Å². The smallest absolute Gasteiger partial charge is 0.416 e. The number of halogens is 4. The van der Waals surface area contributed by atoms with Gasteiger partial charge in [0.2, 0.25) is 0 Å². The number of rotatable bonds is 10. The second kappa shape index (κ2) is 13.3. The highest BCUT2D eigenvalue weighted by Crippen LogP contribution is 2.38. The SMILES string of the molecule is C[C@@H]1CCCN1Cc1sc(NC(O)c2cnc(N3CCN(CCC(=O)O)C[C@H]3C)cn2)nc1-c1cc(F)cc(C(F)(F)F)c1. The molecular formula is C29H35F4N7O3S. The molecule has 2 aromatic heterocycles. The van der Waals surface area contributed by atoms with Crippen molar-refractivity contribution in [2.45, 2.75) is 64.1 Å². The highest BCUT2D eigenvalue weighted by molar-refractivity contribution is 7.16. The molecule has 44 heavy (non-hydrogen) atoms. The van der Waals surface area contributed by atoms with Gasteiger partial charge in [-0.05, 0) is 51.4 Å². The summed E-state index contributed by atoms with van der Waals surface area (Å²) in [7, 11) is 0. The standard InChI is InChI=1S/C29H35F4N7O3S/c1-17-4-3-6-39(17)16-23-26(19-10-20(29(31,32)33)12-21(30)11-19)36-28(44-23)37-27(43)22-13-35-24(14-34-22)40-9-8-38(15-18(40)2)7-5-25(41)42/h10-14,17-18,27,43H,3-9,15-16H2,1-2H3,(H,36,37)(H,41,42)/t17-,18-,27?/m1/s1. The molecule has 0 amide bonds. The maximum Gasteiger partial charge on any atom is 0.416 e. The zero-order valence-corrected chi connectivity index (χ0v) is 25.2. The van der Waals surface area contributed by atoms with Crippen LogP contribution in [0.2, 0.25) is 0 Å². The molecule has 0 radical (unpaired) electrons. The largest absolute Gasteiger partial charge is 0.481 e. The molecule has 15 heteroatoms. The van der Waals surface area contributed by atoms with Gasteiger partial charge in [0.1, 0.15) is 17.3 Å². The molecule has 1 aromatic carbocycles. The normalized spacial score (nSPS) is 20.7. The number of aliphatic carboxylic acids is 1. The van der Waals surface area contributed by atoms with Gasteiger partial charge < -0.3 is 20.4 Å². The minimum absolute atomic E-state index is 0.0132. The number of anilines is 2. The Kier molecular flexibility index (Phi) is 9.68. The summed E-state index contributed by atoms with van der Waals surface area (Å²) < 4.78 is 54.7. The lowest BCUT2D eigenvalue weighted by Gasteiger charge is -2.40. The van der Waals surface area contributed by atoms with Crippen LogP contribution in [-0.2, 0) is 17.5 Å². The summed E-state index contributed by atoms with van der Waals surface area (Å²) in [4.78, 5) is 31.3. The van der Waals surface area contributed by atoms with Gasteiger partial charge in [-0.25, -0.2) is 14.4 Å². The molecule has 0 saturated carbocycles. The summed E-state index contributed by atoms with van der Waals surface area (Å²) in [6.45, 7) is 7.87. The molecule has 0 aliphatic carbocycles. The van der Waals surface area contributed by atoms with E-state index in [1.54, 1.807) is 6.20 Å². The van der Waals surface area contributed by atoms with Crippen molar-refractivity contribution in [3.05, 3.63) is 52.5 Å². The van der Waals surface area contributed by atoms with Crippen molar-refractivity contribution in [3.63, 3.8) is 0 Å². The van der Waals surface area contributed by atoms with E-state index in [2.05, 4.69) is 41.9 Å². The molecule has 0 spiro atoms. The van der Waals surface area contributed by atoms with Gasteiger partial charge in [0.05, 0.1) is 30.1 Å². The summed E-state index contributed by atoms with van der Waals surface area (Å²) in [5, 5.41) is 23.0. The number of hydrogen-bond donors (Lipinski definition) is 3. The number of carbonyl (C=O) groups is 1. The number of carboxylic acid groups (broad SMARTS) is 1. The van der Waals surface area contributed by atoms with Crippen LogP contribution in [0.5, 0.6) is 0 Å². The van der Waals surface area contributed by atoms with E-state index in [9.17, 15) is 27.5 Å². The maximum atomic E-state index is 14.3. The number of alkyl halides is 3. The van der Waals surface area contributed by atoms with Crippen molar-refractivity contribution in [1.82, 2.24) is 24.8 Å². The van der Waals surface area contributed by atoms with Crippen molar-refractivity contribution in [2.75, 3.05) is 42.9 Å². The molecule has 3 aromatic rings. The van der Waals surface area contributed by atoms with E-state index in [4.69, 9.17) is 5.11 Å². The lowest BCUT2D eigenvalue weighted by atomic mass is 10.1. The Morgan fingerprint density at radius 2 is 1.93 bits per heavy atom. The van der Waals surface area contributed by atoms with Gasteiger partial charge in [-0.3, -0.25) is 19.6 Å². The van der Waals surface area contributed by atoms with Crippen LogP contribution in [-0.4, -0.2) is 85.7 Å². The fraction of sp³-hybridized carbons (Fsp3) is 0.517. The predicted octanol–water partition coefficient (Wildman–Crippen LogP) is 4.83. The van der Waals surface area contributed by atoms with E-state index in [1.165, 1.54) is 17.5 Å². The van der Waals surface area contributed by atoms with Crippen LogP contribution >= 0.6 is 11.3 Å². The summed E-state index contributed by atoms with van der Waals surface area (Å²) in [5.41, 5.74) is -0.633. The van der Waals surface area contributed by atoms with Crippen molar-refractivity contribution in [3.8, 4) is 11.3 Å². The number of nitrogens with zero attached hydrogens (tertiary/aromatic N) is 6. The van der Waals surface area contributed by atoms with Crippen LogP contribution in [0.15, 0.2) is 30.6 Å². The predicted molar refractivity (Wildman–Crippen MR) is 158 cm³/mol.